The number of nitrogens with zero attached hydrogens (tertiary/aromatic N) is 7. The summed E-state index contributed by atoms with van der Waals surface area (Å²) in [4.78, 5) is 17.8. The van der Waals surface area contributed by atoms with Crippen molar-refractivity contribution in [2.24, 2.45) is 0 Å². The number of para-hydroxylation sites is 1. The molecule has 0 fully saturated rings. The van der Waals surface area contributed by atoms with E-state index in [0.29, 0.717) is 48.0 Å². The molecule has 0 radical (unpaired) electrons. The molecule has 0 amide bonds. The van der Waals surface area contributed by atoms with Crippen molar-refractivity contribution < 1.29 is 8.98 Å². The molecule has 178 valence electrons. The molecule has 0 atom stereocenters. The Labute approximate surface area is 200 Å². The summed E-state index contributed by atoms with van der Waals surface area (Å²) in [6.07, 6.45) is 4.57. The highest BCUT2D eigenvalue weighted by atomic mass is 16.4. The van der Waals surface area contributed by atoms with Crippen LogP contribution in [0, 0.1) is 20.8 Å². The Morgan fingerprint density at radius 1 is 1.06 bits per heavy atom. The minimum Gasteiger partial charge on any atom is -0.421 e. The Kier molecular flexibility index (Phi) is 5.51. The molecular weight excluding hydrogens is 446 g/mol. The lowest BCUT2D eigenvalue weighted by Crippen LogP contribution is -2.39. The van der Waals surface area contributed by atoms with Crippen molar-refractivity contribution in [3.63, 3.8) is 0 Å². The van der Waals surface area contributed by atoms with E-state index in [4.69, 9.17) is 21.0 Å². The second kappa shape index (κ2) is 8.67. The van der Waals surface area contributed by atoms with Crippen molar-refractivity contribution in [2.75, 3.05) is 11.5 Å². The van der Waals surface area contributed by atoms with E-state index in [2.05, 4.69) is 15.2 Å². The van der Waals surface area contributed by atoms with Gasteiger partial charge in [-0.15, -0.1) is 10.2 Å². The minimum atomic E-state index is -0.0952. The summed E-state index contributed by atoms with van der Waals surface area (Å²) in [5, 5.41) is 12.6. The number of benzene rings is 1. The molecule has 35 heavy (non-hydrogen) atoms. The van der Waals surface area contributed by atoms with Gasteiger partial charge in [-0.2, -0.15) is 5.10 Å². The first-order valence-electron chi connectivity index (χ1n) is 11.2. The van der Waals surface area contributed by atoms with Crippen LogP contribution < -0.4 is 21.6 Å². The fourth-order valence-electron chi connectivity index (χ4n) is 4.22. The number of hydrogen-bond donors (Lipinski definition) is 2. The number of nitrogens with two attached hydrogens (primary N) is 2. The summed E-state index contributed by atoms with van der Waals surface area (Å²) in [5.41, 5.74) is 16.0. The smallest absolute Gasteiger partial charge is 0.282 e. The molecule has 4 heterocycles. The molecule has 5 aromatic rings. The lowest BCUT2D eigenvalue weighted by molar-refractivity contribution is -0.685. The van der Waals surface area contributed by atoms with Crippen molar-refractivity contribution in [2.45, 2.75) is 40.2 Å². The van der Waals surface area contributed by atoms with Crippen LogP contribution in [0.25, 0.3) is 22.7 Å². The average molecular weight is 473 g/mol. The fourth-order valence-corrected chi connectivity index (χ4v) is 4.22. The molecule has 11 heteroatoms. The molecule has 0 aliphatic carbocycles. The van der Waals surface area contributed by atoms with Gasteiger partial charge in [-0.05, 0) is 43.5 Å². The Hall–Kier alpha value is -4.54. The third-order valence-corrected chi connectivity index (χ3v) is 6.01. The predicted octanol–water partition coefficient (Wildman–Crippen LogP) is 1.94. The molecule has 4 aromatic heterocycles. The van der Waals surface area contributed by atoms with Gasteiger partial charge < -0.3 is 15.9 Å². The Balaban J connectivity index is 1.49. The molecule has 0 spiro atoms. The van der Waals surface area contributed by atoms with Crippen LogP contribution >= 0.6 is 0 Å². The number of anilines is 2. The van der Waals surface area contributed by atoms with Crippen LogP contribution in [0.2, 0.25) is 0 Å². The molecule has 0 saturated carbocycles. The Bertz CT molecular complexity index is 1610. The summed E-state index contributed by atoms with van der Waals surface area (Å²) in [7, 11) is 0. The molecule has 0 unspecified atom stereocenters. The summed E-state index contributed by atoms with van der Waals surface area (Å²) < 4.78 is 10.6. The van der Waals surface area contributed by atoms with Crippen molar-refractivity contribution in [3.05, 3.63) is 76.1 Å². The summed E-state index contributed by atoms with van der Waals surface area (Å²) in [6.45, 7) is 6.11. The van der Waals surface area contributed by atoms with Gasteiger partial charge in [0, 0.05) is 19.5 Å². The van der Waals surface area contributed by atoms with Crippen molar-refractivity contribution in [1.29, 1.82) is 0 Å². The van der Waals surface area contributed by atoms with Gasteiger partial charge in [0.15, 0.2) is 5.56 Å². The third-order valence-electron chi connectivity index (χ3n) is 6.01. The first kappa shape index (κ1) is 22.3. The molecule has 0 bridgehead atoms. The highest BCUT2D eigenvalue weighted by molar-refractivity contribution is 5.75. The molecule has 5 rings (SSSR count). The standard InChI is InChI=1S/C24H25N9O2/c1-14-7-4-5-8-17(14)33-18(30-32-12-10-15(2)20(32)24(33)34)9-6-11-31-13-27-21(25)19(22(31)26)23-29-28-16(3)35-23/h4-5,7-8,10,12-13H,6,9,11H2,1-3H3,(H3,25,26,29)/p+1. The van der Waals surface area contributed by atoms with Gasteiger partial charge in [0.05, 0.1) is 12.2 Å². The van der Waals surface area contributed by atoms with E-state index >= 15 is 0 Å². The Morgan fingerprint density at radius 2 is 1.86 bits per heavy atom. The van der Waals surface area contributed by atoms with E-state index < -0.39 is 0 Å². The maximum absolute atomic E-state index is 13.5. The van der Waals surface area contributed by atoms with Crippen LogP contribution in [0.1, 0.15) is 29.3 Å². The van der Waals surface area contributed by atoms with Crippen LogP contribution in [0.4, 0.5) is 11.6 Å². The molecule has 1 aromatic carbocycles. The number of aryl methyl sites for hydroxylation is 5. The molecule has 4 N–H and O–H groups in total. The van der Waals surface area contributed by atoms with Gasteiger partial charge in [0.2, 0.25) is 23.9 Å². The van der Waals surface area contributed by atoms with Gasteiger partial charge in [-0.25, -0.2) is 9.08 Å². The number of nitrogen functional groups attached to an aromatic ring is 2. The van der Waals surface area contributed by atoms with E-state index in [0.717, 1.165) is 16.8 Å². The third kappa shape index (κ3) is 3.90. The van der Waals surface area contributed by atoms with E-state index in [1.165, 1.54) is 0 Å². The highest BCUT2D eigenvalue weighted by Crippen LogP contribution is 2.26. The lowest BCUT2D eigenvalue weighted by Gasteiger charge is -2.15. The van der Waals surface area contributed by atoms with E-state index in [1.54, 1.807) is 26.9 Å². The average Bonchev–Trinajstić information content (AvgIpc) is 3.42. The van der Waals surface area contributed by atoms with Gasteiger partial charge in [-0.1, -0.05) is 23.2 Å². The van der Waals surface area contributed by atoms with Crippen LogP contribution in [0.5, 0.6) is 0 Å². The van der Waals surface area contributed by atoms with Crippen molar-refractivity contribution in [3.8, 4) is 17.1 Å². The summed E-state index contributed by atoms with van der Waals surface area (Å²) in [5.74, 6) is 1.88. The van der Waals surface area contributed by atoms with Gasteiger partial charge in [-0.3, -0.25) is 9.36 Å². The number of rotatable bonds is 6. The van der Waals surface area contributed by atoms with Crippen LogP contribution in [0.3, 0.4) is 0 Å². The maximum atomic E-state index is 13.5. The van der Waals surface area contributed by atoms with E-state index in [1.807, 2.05) is 50.4 Å². The first-order valence-corrected chi connectivity index (χ1v) is 11.2. The number of hydrogen-bond acceptors (Lipinski definition) is 8. The largest absolute Gasteiger partial charge is 0.421 e. The van der Waals surface area contributed by atoms with Crippen molar-refractivity contribution in [1.82, 2.24) is 29.4 Å². The summed E-state index contributed by atoms with van der Waals surface area (Å²) >= 11 is 0. The zero-order chi connectivity index (χ0) is 24.7. The fraction of sp³-hybridized carbons (Fsp3) is 0.250. The van der Waals surface area contributed by atoms with Crippen LogP contribution in [-0.2, 0) is 13.0 Å². The van der Waals surface area contributed by atoms with Gasteiger partial charge >= 0.3 is 0 Å². The van der Waals surface area contributed by atoms with E-state index in [-0.39, 0.29) is 17.3 Å². The number of fused-ring (bicyclic) bond motifs is 1. The second-order valence-corrected chi connectivity index (χ2v) is 8.45. The number of aromatic nitrogens is 7. The zero-order valence-corrected chi connectivity index (χ0v) is 19.8. The van der Waals surface area contributed by atoms with Gasteiger partial charge in [0.25, 0.3) is 11.4 Å². The topological polar surface area (TPSA) is 147 Å². The first-order chi connectivity index (χ1) is 16.8. The zero-order valence-electron chi connectivity index (χ0n) is 19.8. The monoisotopic (exact) mass is 472 g/mol. The van der Waals surface area contributed by atoms with Crippen molar-refractivity contribution >= 4 is 17.2 Å². The molecular formula is C24H26N9O2+. The molecule has 11 nitrogen and oxygen atoms in total. The molecule has 0 aliphatic heterocycles. The summed E-state index contributed by atoms with van der Waals surface area (Å²) in [6, 6.07) is 9.69. The quantitative estimate of drug-likeness (QED) is 0.356. The van der Waals surface area contributed by atoms with Gasteiger partial charge in [0.1, 0.15) is 11.3 Å². The molecule has 0 aliphatic rings. The normalized spacial score (nSPS) is 11.4. The molecule has 0 saturated heterocycles. The minimum absolute atomic E-state index is 0.0952. The SMILES string of the molecule is Cc1nnc(-c2c(N)nc[n+](CCCc3nn4ccc(C)c4c(=O)n3-c3ccccc3C)c2N)o1. The van der Waals surface area contributed by atoms with Crippen LogP contribution in [-0.4, -0.2) is 29.4 Å². The van der Waals surface area contributed by atoms with Crippen LogP contribution in [0.15, 0.2) is 52.1 Å². The second-order valence-electron chi connectivity index (χ2n) is 8.45. The Morgan fingerprint density at radius 3 is 2.60 bits per heavy atom. The lowest BCUT2D eigenvalue weighted by atomic mass is 10.2. The highest BCUT2D eigenvalue weighted by Gasteiger charge is 2.23. The maximum Gasteiger partial charge on any atom is 0.282 e. The predicted molar refractivity (Wildman–Crippen MR) is 130 cm³/mol. The van der Waals surface area contributed by atoms with E-state index in [9.17, 15) is 4.79 Å².